The maximum absolute atomic E-state index is 9.51. The molecule has 7 nitrogen and oxygen atoms in total. The van der Waals surface area contributed by atoms with Crippen LogP contribution in [0.4, 0.5) is 5.82 Å². The smallest absolute Gasteiger partial charge is 0.190 e. The Balaban J connectivity index is 1.49. The molecule has 3 aromatic rings. The lowest BCUT2D eigenvalue weighted by Gasteiger charge is -2.11. The number of hydrogen-bond acceptors (Lipinski definition) is 4. The molecule has 1 heterocycles. The van der Waals surface area contributed by atoms with Crippen molar-refractivity contribution in [2.24, 2.45) is 4.99 Å². The number of benzene rings is 2. The number of nitriles is 1. The molecule has 0 spiro atoms. The van der Waals surface area contributed by atoms with Gasteiger partial charge < -0.3 is 16.4 Å². The highest BCUT2D eigenvalue weighted by atomic mass is 15.3. The molecule has 0 amide bonds. The Bertz CT molecular complexity index is 1000. The molecule has 0 saturated heterocycles. The fourth-order valence-corrected chi connectivity index (χ4v) is 3.19. The molecular weight excluding hydrogens is 374 g/mol. The van der Waals surface area contributed by atoms with Gasteiger partial charge in [-0.2, -0.15) is 10.4 Å². The van der Waals surface area contributed by atoms with Gasteiger partial charge in [0.05, 0.1) is 11.4 Å². The van der Waals surface area contributed by atoms with Crippen LogP contribution < -0.4 is 16.4 Å². The van der Waals surface area contributed by atoms with E-state index in [0.29, 0.717) is 30.0 Å². The molecule has 0 unspecified atom stereocenters. The highest BCUT2D eigenvalue weighted by Gasteiger charge is 2.16. The van der Waals surface area contributed by atoms with E-state index in [-0.39, 0.29) is 0 Å². The van der Waals surface area contributed by atoms with Crippen molar-refractivity contribution in [1.29, 1.82) is 5.26 Å². The van der Waals surface area contributed by atoms with Crippen LogP contribution in [0, 0.1) is 11.3 Å². The number of rotatable bonds is 8. The van der Waals surface area contributed by atoms with Crippen molar-refractivity contribution in [2.75, 3.05) is 25.9 Å². The van der Waals surface area contributed by atoms with Crippen molar-refractivity contribution in [3.05, 3.63) is 77.5 Å². The fourth-order valence-electron chi connectivity index (χ4n) is 3.19. The number of aliphatic imine (C=N–C) groups is 1. The second-order valence-electron chi connectivity index (χ2n) is 6.83. The lowest BCUT2D eigenvalue weighted by molar-refractivity contribution is 0.720. The van der Waals surface area contributed by atoms with Crippen LogP contribution in [0.1, 0.15) is 23.2 Å². The molecule has 0 aliphatic carbocycles. The van der Waals surface area contributed by atoms with Gasteiger partial charge in [0.1, 0.15) is 17.5 Å². The summed E-state index contributed by atoms with van der Waals surface area (Å²) in [5.41, 5.74) is 9.45. The summed E-state index contributed by atoms with van der Waals surface area (Å²) in [5.74, 6) is 1.14. The van der Waals surface area contributed by atoms with Gasteiger partial charge in [0, 0.05) is 20.1 Å². The summed E-state index contributed by atoms with van der Waals surface area (Å²) < 4.78 is 1.63. The molecule has 1 aromatic heterocycles. The summed E-state index contributed by atoms with van der Waals surface area (Å²) in [6.07, 6.45) is 2.39. The molecule has 0 aliphatic rings. The lowest BCUT2D eigenvalue weighted by Crippen LogP contribution is -2.38. The number of aromatic nitrogens is 2. The molecule has 2 aromatic carbocycles. The summed E-state index contributed by atoms with van der Waals surface area (Å²) in [4.78, 5) is 4.26. The Hall–Kier alpha value is -3.79. The number of nitrogens with zero attached hydrogens (tertiary/aromatic N) is 4. The Labute approximate surface area is 177 Å². The van der Waals surface area contributed by atoms with Crippen LogP contribution in [0.15, 0.2) is 65.7 Å². The van der Waals surface area contributed by atoms with Crippen LogP contribution in [0.5, 0.6) is 0 Å². The highest BCUT2D eigenvalue weighted by molar-refractivity contribution is 5.79. The van der Waals surface area contributed by atoms with Crippen LogP contribution in [0.25, 0.3) is 5.69 Å². The first-order chi connectivity index (χ1) is 14.7. The first-order valence-corrected chi connectivity index (χ1v) is 10.0. The molecule has 154 valence electrons. The van der Waals surface area contributed by atoms with Gasteiger partial charge in [-0.1, -0.05) is 48.5 Å². The number of nitrogens with one attached hydrogen (secondary N) is 2. The molecule has 0 fully saturated rings. The largest absolute Gasteiger partial charge is 0.382 e. The Kier molecular flexibility index (Phi) is 7.45. The van der Waals surface area contributed by atoms with E-state index < -0.39 is 0 Å². The van der Waals surface area contributed by atoms with Crippen LogP contribution in [0.2, 0.25) is 0 Å². The normalized spacial score (nSPS) is 11.1. The van der Waals surface area contributed by atoms with Crippen molar-refractivity contribution < 1.29 is 0 Å². The molecular formula is C23H27N7. The fraction of sp³-hybridized carbons (Fsp3) is 0.261. The number of guanidine groups is 1. The van der Waals surface area contributed by atoms with Gasteiger partial charge in [-0.05, 0) is 37.0 Å². The first kappa shape index (κ1) is 20.9. The minimum atomic E-state index is 0.380. The molecule has 4 N–H and O–H groups in total. The van der Waals surface area contributed by atoms with E-state index in [2.05, 4.69) is 38.9 Å². The van der Waals surface area contributed by atoms with Gasteiger partial charge in [0.15, 0.2) is 5.96 Å². The van der Waals surface area contributed by atoms with E-state index in [4.69, 9.17) is 5.73 Å². The Morgan fingerprint density at radius 1 is 1.03 bits per heavy atom. The SMILES string of the molecule is CN=C(NCCCc1nn(-c2ccccc2)c(N)c1C#N)NCCc1ccccc1. The standard InChI is InChI=1S/C23H27N7/c1-26-23(28-16-14-18-9-4-2-5-10-18)27-15-8-13-21-20(17-24)22(25)30(29-21)19-11-6-3-7-12-19/h2-7,9-12H,8,13-16,25H2,1H3,(H2,26,27,28). The van der Waals surface area contributed by atoms with Crippen molar-refractivity contribution in [3.63, 3.8) is 0 Å². The van der Waals surface area contributed by atoms with Crippen molar-refractivity contribution in [1.82, 2.24) is 20.4 Å². The molecule has 0 radical (unpaired) electrons. The first-order valence-electron chi connectivity index (χ1n) is 10.0. The van der Waals surface area contributed by atoms with Crippen LogP contribution in [0.3, 0.4) is 0 Å². The van der Waals surface area contributed by atoms with Gasteiger partial charge in [-0.25, -0.2) is 4.68 Å². The summed E-state index contributed by atoms with van der Waals surface area (Å²) in [7, 11) is 1.76. The maximum Gasteiger partial charge on any atom is 0.190 e. The molecule has 0 saturated carbocycles. The van der Waals surface area contributed by atoms with Crippen LogP contribution in [-0.2, 0) is 12.8 Å². The summed E-state index contributed by atoms with van der Waals surface area (Å²) >= 11 is 0. The Morgan fingerprint density at radius 3 is 2.37 bits per heavy atom. The monoisotopic (exact) mass is 401 g/mol. The van der Waals surface area contributed by atoms with E-state index >= 15 is 0 Å². The number of hydrogen-bond donors (Lipinski definition) is 3. The number of anilines is 1. The molecule has 30 heavy (non-hydrogen) atoms. The second kappa shape index (κ2) is 10.7. The number of para-hydroxylation sites is 1. The summed E-state index contributed by atoms with van der Waals surface area (Å²) in [6.45, 7) is 1.52. The Morgan fingerprint density at radius 2 is 1.70 bits per heavy atom. The van der Waals surface area contributed by atoms with Crippen molar-refractivity contribution in [2.45, 2.75) is 19.3 Å². The zero-order valence-corrected chi connectivity index (χ0v) is 17.2. The third-order valence-corrected chi connectivity index (χ3v) is 4.76. The van der Waals surface area contributed by atoms with E-state index in [9.17, 15) is 5.26 Å². The minimum Gasteiger partial charge on any atom is -0.382 e. The summed E-state index contributed by atoms with van der Waals surface area (Å²) in [5, 5.41) is 20.7. The van der Waals surface area contributed by atoms with Gasteiger partial charge in [0.25, 0.3) is 0 Å². The van der Waals surface area contributed by atoms with E-state index in [1.165, 1.54) is 5.56 Å². The van der Waals surface area contributed by atoms with Gasteiger partial charge in [-0.15, -0.1) is 0 Å². The van der Waals surface area contributed by atoms with Crippen LogP contribution >= 0.6 is 0 Å². The number of nitrogens with two attached hydrogens (primary N) is 1. The van der Waals surface area contributed by atoms with Crippen molar-refractivity contribution in [3.8, 4) is 11.8 Å². The average molecular weight is 402 g/mol. The van der Waals surface area contributed by atoms with E-state index in [0.717, 1.165) is 31.0 Å². The van der Waals surface area contributed by atoms with Crippen LogP contribution in [-0.4, -0.2) is 35.9 Å². The zero-order chi connectivity index (χ0) is 21.2. The second-order valence-corrected chi connectivity index (χ2v) is 6.83. The quantitative estimate of drug-likeness (QED) is 0.306. The molecule has 0 atom stereocenters. The molecule has 3 rings (SSSR count). The molecule has 0 bridgehead atoms. The third kappa shape index (κ3) is 5.39. The zero-order valence-electron chi connectivity index (χ0n) is 17.2. The van der Waals surface area contributed by atoms with Gasteiger partial charge >= 0.3 is 0 Å². The predicted molar refractivity (Wildman–Crippen MR) is 121 cm³/mol. The maximum atomic E-state index is 9.51. The number of aryl methyl sites for hydroxylation is 1. The average Bonchev–Trinajstić information content (AvgIpc) is 3.11. The van der Waals surface area contributed by atoms with E-state index in [1.54, 1.807) is 11.7 Å². The highest BCUT2D eigenvalue weighted by Crippen LogP contribution is 2.21. The summed E-state index contributed by atoms with van der Waals surface area (Å²) in [6, 6.07) is 22.1. The van der Waals surface area contributed by atoms with E-state index in [1.807, 2.05) is 48.5 Å². The lowest BCUT2D eigenvalue weighted by atomic mass is 10.1. The minimum absolute atomic E-state index is 0.380. The van der Waals surface area contributed by atoms with Gasteiger partial charge in [0.2, 0.25) is 0 Å². The van der Waals surface area contributed by atoms with Gasteiger partial charge in [-0.3, -0.25) is 4.99 Å². The van der Waals surface area contributed by atoms with Crippen molar-refractivity contribution >= 4 is 11.8 Å². The predicted octanol–water partition coefficient (Wildman–Crippen LogP) is 2.67. The number of nitrogen functional groups attached to an aromatic ring is 1. The third-order valence-electron chi connectivity index (χ3n) is 4.76. The molecule has 7 heteroatoms. The topological polar surface area (TPSA) is 104 Å². The molecule has 0 aliphatic heterocycles.